The molecule has 1 aromatic heterocycles. The van der Waals surface area contributed by atoms with Gasteiger partial charge in [-0.05, 0) is 12.1 Å². The summed E-state index contributed by atoms with van der Waals surface area (Å²) in [4.78, 5) is 8.83. The number of aromatic nitrogens is 1. The average molecular weight is 174 g/mol. The van der Waals surface area contributed by atoms with E-state index in [0.29, 0.717) is 0 Å². The number of hydrogen-bond donors (Lipinski definition) is 0. The topological polar surface area (TPSA) is 25.2 Å². The Morgan fingerprint density at radius 3 is 2.69 bits per heavy atom. The maximum Gasteiger partial charge on any atom is 0.154 e. The maximum absolute atomic E-state index is 4.53. The molecule has 0 aliphatic carbocycles. The van der Waals surface area contributed by atoms with Gasteiger partial charge in [0.15, 0.2) is 5.49 Å². The number of fused-ring (bicyclic) bond motifs is 1. The van der Waals surface area contributed by atoms with Crippen LogP contribution in [0.25, 0.3) is 6.08 Å². The molecular formula is C11H14N2. The highest BCUT2D eigenvalue weighted by Gasteiger charge is 2.15. The lowest BCUT2D eigenvalue weighted by Gasteiger charge is -2.16. The molecule has 1 aliphatic heterocycles. The van der Waals surface area contributed by atoms with Crippen LogP contribution in [-0.4, -0.2) is 11.5 Å². The van der Waals surface area contributed by atoms with E-state index < -0.39 is 0 Å². The van der Waals surface area contributed by atoms with Crippen molar-refractivity contribution in [2.75, 3.05) is 6.54 Å². The van der Waals surface area contributed by atoms with E-state index in [1.807, 2.05) is 0 Å². The third-order valence-corrected chi connectivity index (χ3v) is 2.23. The molecule has 0 radical (unpaired) electrons. The zero-order valence-corrected chi connectivity index (χ0v) is 8.33. The molecule has 2 heterocycles. The fraction of sp³-hybridized carbons (Fsp3) is 0.455. The Morgan fingerprint density at radius 1 is 1.23 bits per heavy atom. The van der Waals surface area contributed by atoms with Crippen molar-refractivity contribution in [2.24, 2.45) is 4.99 Å². The van der Waals surface area contributed by atoms with Crippen LogP contribution in [0.5, 0.6) is 0 Å². The third kappa shape index (κ3) is 1.48. The van der Waals surface area contributed by atoms with Crippen molar-refractivity contribution in [3.63, 3.8) is 0 Å². The van der Waals surface area contributed by atoms with Gasteiger partial charge in [0.2, 0.25) is 0 Å². The van der Waals surface area contributed by atoms with Gasteiger partial charge < -0.3 is 0 Å². The predicted octanol–water partition coefficient (Wildman–Crippen LogP) is 0.793. The molecule has 0 aromatic carbocycles. The van der Waals surface area contributed by atoms with Crippen LogP contribution in [0.1, 0.15) is 26.5 Å². The maximum atomic E-state index is 4.53. The second-order valence-electron chi connectivity index (χ2n) is 4.40. The van der Waals surface area contributed by atoms with E-state index in [4.69, 9.17) is 0 Å². The van der Waals surface area contributed by atoms with E-state index in [2.05, 4.69) is 49.0 Å². The SMILES string of the molecule is CC(C)(C)c1ccc2c(n1)=NCC=2. The van der Waals surface area contributed by atoms with Crippen LogP contribution in [-0.2, 0) is 5.41 Å². The third-order valence-electron chi connectivity index (χ3n) is 2.23. The highest BCUT2D eigenvalue weighted by atomic mass is 14.9. The number of pyridine rings is 1. The largest absolute Gasteiger partial charge is 0.262 e. The lowest BCUT2D eigenvalue weighted by Crippen LogP contribution is -2.29. The monoisotopic (exact) mass is 174 g/mol. The molecule has 0 saturated carbocycles. The molecule has 13 heavy (non-hydrogen) atoms. The Hall–Kier alpha value is -1.18. The van der Waals surface area contributed by atoms with Gasteiger partial charge in [0.1, 0.15) is 0 Å². The Kier molecular flexibility index (Phi) is 1.72. The number of nitrogens with zero attached hydrogens (tertiary/aromatic N) is 2. The van der Waals surface area contributed by atoms with E-state index in [0.717, 1.165) is 17.7 Å². The second-order valence-corrected chi connectivity index (χ2v) is 4.40. The van der Waals surface area contributed by atoms with Crippen LogP contribution in [0.15, 0.2) is 17.1 Å². The van der Waals surface area contributed by atoms with E-state index >= 15 is 0 Å². The predicted molar refractivity (Wildman–Crippen MR) is 53.1 cm³/mol. The number of hydrogen-bond acceptors (Lipinski definition) is 2. The van der Waals surface area contributed by atoms with E-state index in [9.17, 15) is 0 Å². The summed E-state index contributed by atoms with van der Waals surface area (Å²) < 4.78 is 0. The van der Waals surface area contributed by atoms with Crippen molar-refractivity contribution < 1.29 is 0 Å². The van der Waals surface area contributed by atoms with E-state index in [-0.39, 0.29) is 5.41 Å². The molecular weight excluding hydrogens is 160 g/mol. The molecule has 1 aromatic rings. The minimum Gasteiger partial charge on any atom is -0.262 e. The highest BCUT2D eigenvalue weighted by Crippen LogP contribution is 2.17. The molecule has 0 spiro atoms. The van der Waals surface area contributed by atoms with Crippen LogP contribution in [0.4, 0.5) is 0 Å². The smallest absolute Gasteiger partial charge is 0.154 e. The first-order chi connectivity index (χ1) is 6.07. The summed E-state index contributed by atoms with van der Waals surface area (Å²) in [6.45, 7) is 7.29. The van der Waals surface area contributed by atoms with Gasteiger partial charge in [0, 0.05) is 16.3 Å². The Bertz CT molecular complexity index is 438. The Morgan fingerprint density at radius 2 is 2.00 bits per heavy atom. The van der Waals surface area contributed by atoms with Crippen LogP contribution in [0, 0.1) is 0 Å². The molecule has 2 nitrogen and oxygen atoms in total. The average Bonchev–Trinajstić information content (AvgIpc) is 2.47. The lowest BCUT2D eigenvalue weighted by atomic mass is 9.92. The minimum atomic E-state index is 0.118. The van der Waals surface area contributed by atoms with Crippen molar-refractivity contribution in [2.45, 2.75) is 26.2 Å². The van der Waals surface area contributed by atoms with Gasteiger partial charge >= 0.3 is 0 Å². The van der Waals surface area contributed by atoms with E-state index in [1.165, 1.54) is 5.22 Å². The molecule has 0 saturated heterocycles. The molecule has 0 N–H and O–H groups in total. The Balaban J connectivity index is 2.62. The zero-order chi connectivity index (χ0) is 9.47. The second kappa shape index (κ2) is 2.66. The van der Waals surface area contributed by atoms with Crippen molar-refractivity contribution >= 4 is 6.08 Å². The highest BCUT2D eigenvalue weighted by molar-refractivity contribution is 5.28. The molecule has 0 atom stereocenters. The quantitative estimate of drug-likeness (QED) is 0.571. The van der Waals surface area contributed by atoms with Gasteiger partial charge in [-0.3, -0.25) is 4.99 Å². The van der Waals surface area contributed by atoms with Gasteiger partial charge in [0.25, 0.3) is 0 Å². The first kappa shape index (κ1) is 8.42. The molecule has 1 aliphatic rings. The first-order valence-corrected chi connectivity index (χ1v) is 4.59. The standard InChI is InChI=1S/C11H14N2/c1-11(2,3)9-5-4-8-6-7-12-10(8)13-9/h4-6H,7H2,1-3H3. The molecule has 0 fully saturated rings. The molecule has 2 rings (SSSR count). The summed E-state index contributed by atoms with van der Waals surface area (Å²) in [6.07, 6.45) is 2.11. The summed E-state index contributed by atoms with van der Waals surface area (Å²) in [5.74, 6) is 0. The van der Waals surface area contributed by atoms with E-state index in [1.54, 1.807) is 0 Å². The van der Waals surface area contributed by atoms with Crippen molar-refractivity contribution in [1.29, 1.82) is 0 Å². The van der Waals surface area contributed by atoms with Gasteiger partial charge in [0.05, 0.1) is 6.54 Å². The first-order valence-electron chi connectivity index (χ1n) is 4.59. The molecule has 0 bridgehead atoms. The molecule has 0 unspecified atom stereocenters. The Labute approximate surface area is 78.0 Å². The summed E-state index contributed by atoms with van der Waals surface area (Å²) in [5, 5.41) is 1.17. The van der Waals surface area contributed by atoms with Crippen molar-refractivity contribution in [3.8, 4) is 0 Å². The summed E-state index contributed by atoms with van der Waals surface area (Å²) in [5.41, 5.74) is 2.14. The van der Waals surface area contributed by atoms with Crippen molar-refractivity contribution in [1.82, 2.24) is 4.98 Å². The minimum absolute atomic E-state index is 0.118. The molecule has 2 heteroatoms. The normalized spacial score (nSPS) is 14.7. The number of rotatable bonds is 0. The summed E-state index contributed by atoms with van der Waals surface area (Å²) >= 11 is 0. The molecule has 0 amide bonds. The van der Waals surface area contributed by atoms with Crippen LogP contribution >= 0.6 is 0 Å². The zero-order valence-electron chi connectivity index (χ0n) is 8.33. The fourth-order valence-corrected chi connectivity index (χ4v) is 1.39. The van der Waals surface area contributed by atoms with Gasteiger partial charge in [-0.2, -0.15) is 0 Å². The van der Waals surface area contributed by atoms with Crippen molar-refractivity contribution in [3.05, 3.63) is 28.5 Å². The van der Waals surface area contributed by atoms with Crippen LogP contribution < -0.4 is 10.7 Å². The summed E-state index contributed by atoms with van der Waals surface area (Å²) in [6, 6.07) is 4.20. The van der Waals surface area contributed by atoms with Gasteiger partial charge in [-0.15, -0.1) is 0 Å². The lowest BCUT2D eigenvalue weighted by molar-refractivity contribution is 0.565. The molecule has 68 valence electrons. The van der Waals surface area contributed by atoms with Crippen LogP contribution in [0.2, 0.25) is 0 Å². The van der Waals surface area contributed by atoms with Crippen LogP contribution in [0.3, 0.4) is 0 Å². The fourth-order valence-electron chi connectivity index (χ4n) is 1.39. The van der Waals surface area contributed by atoms with Gasteiger partial charge in [-0.25, -0.2) is 4.98 Å². The van der Waals surface area contributed by atoms with Gasteiger partial charge in [-0.1, -0.05) is 26.8 Å². The summed E-state index contributed by atoms with van der Waals surface area (Å²) in [7, 11) is 0.